The van der Waals surface area contributed by atoms with E-state index in [0.717, 1.165) is 11.1 Å². The van der Waals surface area contributed by atoms with E-state index in [-0.39, 0.29) is 18.0 Å². The molecule has 0 saturated carbocycles. The number of carbonyl (C=O) groups excluding carboxylic acids is 2. The molecular weight excluding hydrogens is 342 g/mol. The highest BCUT2D eigenvalue weighted by atomic mass is 16.6. The van der Waals surface area contributed by atoms with Gasteiger partial charge in [0.1, 0.15) is 6.61 Å². The molecule has 5 heteroatoms. The first-order chi connectivity index (χ1) is 13.1. The maximum Gasteiger partial charge on any atom is 0.410 e. The molecule has 2 aromatic rings. The third kappa shape index (κ3) is 4.48. The van der Waals surface area contributed by atoms with Crippen LogP contribution in [0.15, 0.2) is 54.6 Å². The molecule has 1 aliphatic rings. The van der Waals surface area contributed by atoms with Gasteiger partial charge in [-0.3, -0.25) is 4.79 Å². The van der Waals surface area contributed by atoms with Crippen molar-refractivity contribution in [1.82, 2.24) is 4.90 Å². The van der Waals surface area contributed by atoms with Gasteiger partial charge in [-0.25, -0.2) is 4.79 Å². The first-order valence-electron chi connectivity index (χ1n) is 9.25. The van der Waals surface area contributed by atoms with Gasteiger partial charge in [-0.1, -0.05) is 61.5 Å². The first-order valence-corrected chi connectivity index (χ1v) is 9.25. The van der Waals surface area contributed by atoms with Crippen LogP contribution >= 0.6 is 0 Å². The third-order valence-electron chi connectivity index (χ3n) is 5.05. The smallest absolute Gasteiger partial charge is 0.410 e. The molecule has 3 rings (SSSR count). The number of carbonyl (C=O) groups is 2. The number of hydrogen-bond acceptors (Lipinski definition) is 4. The molecule has 1 atom stereocenters. The molecule has 1 fully saturated rings. The SMILES string of the molecule is CCC(C(=O)OC)c1ccc(C2CN(C(=O)OCc3ccccc3)C2)cc1. The minimum atomic E-state index is -0.275. The normalized spacial score (nSPS) is 15.0. The monoisotopic (exact) mass is 367 g/mol. The highest BCUT2D eigenvalue weighted by Gasteiger charge is 2.33. The number of hydrogen-bond donors (Lipinski definition) is 0. The topological polar surface area (TPSA) is 55.8 Å². The van der Waals surface area contributed by atoms with Crippen LogP contribution in [0.1, 0.15) is 41.9 Å². The van der Waals surface area contributed by atoms with E-state index in [2.05, 4.69) is 0 Å². The molecule has 1 saturated heterocycles. The molecule has 0 aliphatic carbocycles. The zero-order valence-corrected chi connectivity index (χ0v) is 15.8. The second-order valence-corrected chi connectivity index (χ2v) is 6.79. The summed E-state index contributed by atoms with van der Waals surface area (Å²) in [5.41, 5.74) is 3.12. The van der Waals surface area contributed by atoms with Gasteiger partial charge >= 0.3 is 12.1 Å². The van der Waals surface area contributed by atoms with Crippen molar-refractivity contribution in [3.63, 3.8) is 0 Å². The van der Waals surface area contributed by atoms with Gasteiger partial charge in [-0.05, 0) is 23.1 Å². The summed E-state index contributed by atoms with van der Waals surface area (Å²) in [6.07, 6.45) is 0.430. The van der Waals surface area contributed by atoms with Gasteiger partial charge in [0.25, 0.3) is 0 Å². The summed E-state index contributed by atoms with van der Waals surface area (Å²) in [6, 6.07) is 17.7. The van der Waals surface area contributed by atoms with Gasteiger partial charge in [-0.15, -0.1) is 0 Å². The van der Waals surface area contributed by atoms with Crippen molar-refractivity contribution < 1.29 is 19.1 Å². The van der Waals surface area contributed by atoms with Crippen LogP contribution in [-0.4, -0.2) is 37.2 Å². The van der Waals surface area contributed by atoms with Crippen molar-refractivity contribution in [2.24, 2.45) is 0 Å². The highest BCUT2D eigenvalue weighted by molar-refractivity contribution is 5.78. The molecule has 0 aromatic heterocycles. The molecule has 0 spiro atoms. The lowest BCUT2D eigenvalue weighted by Crippen LogP contribution is -2.48. The Hall–Kier alpha value is -2.82. The molecule has 0 radical (unpaired) electrons. The van der Waals surface area contributed by atoms with Gasteiger partial charge in [-0.2, -0.15) is 0 Å². The van der Waals surface area contributed by atoms with Gasteiger partial charge in [0.15, 0.2) is 0 Å². The van der Waals surface area contributed by atoms with Crippen molar-refractivity contribution in [3.05, 3.63) is 71.3 Å². The van der Waals surface area contributed by atoms with Crippen LogP contribution in [0.25, 0.3) is 0 Å². The van der Waals surface area contributed by atoms with E-state index < -0.39 is 0 Å². The Bertz CT molecular complexity index is 767. The summed E-state index contributed by atoms with van der Waals surface area (Å²) in [4.78, 5) is 25.7. The lowest BCUT2D eigenvalue weighted by Gasteiger charge is -2.38. The van der Waals surface area contributed by atoms with Crippen molar-refractivity contribution in [2.75, 3.05) is 20.2 Å². The van der Waals surface area contributed by atoms with E-state index in [9.17, 15) is 9.59 Å². The second kappa shape index (κ2) is 8.71. The molecule has 0 N–H and O–H groups in total. The second-order valence-electron chi connectivity index (χ2n) is 6.79. The summed E-state index contributed by atoms with van der Waals surface area (Å²) in [7, 11) is 1.42. The molecule has 1 heterocycles. The fourth-order valence-electron chi connectivity index (χ4n) is 3.33. The first kappa shape index (κ1) is 19.0. The van der Waals surface area contributed by atoms with Crippen molar-refractivity contribution in [1.29, 1.82) is 0 Å². The van der Waals surface area contributed by atoms with E-state index in [1.807, 2.05) is 61.5 Å². The molecule has 0 bridgehead atoms. The Kier molecular flexibility index (Phi) is 6.12. The fraction of sp³-hybridized carbons (Fsp3) is 0.364. The summed E-state index contributed by atoms with van der Waals surface area (Å²) in [6.45, 7) is 3.57. The average molecular weight is 367 g/mol. The van der Waals surface area contributed by atoms with Crippen molar-refractivity contribution in [3.8, 4) is 0 Å². The number of rotatable bonds is 6. The van der Waals surface area contributed by atoms with Gasteiger partial charge in [0, 0.05) is 19.0 Å². The third-order valence-corrected chi connectivity index (χ3v) is 5.05. The predicted molar refractivity (Wildman–Crippen MR) is 102 cm³/mol. The highest BCUT2D eigenvalue weighted by Crippen LogP contribution is 2.29. The Morgan fingerprint density at radius 2 is 1.74 bits per heavy atom. The van der Waals surface area contributed by atoms with Gasteiger partial charge in [0.2, 0.25) is 0 Å². The Labute approximate surface area is 159 Å². The van der Waals surface area contributed by atoms with E-state index in [0.29, 0.717) is 32.0 Å². The number of ether oxygens (including phenoxy) is 2. The van der Waals surface area contributed by atoms with Crippen LogP contribution in [0.5, 0.6) is 0 Å². The maximum atomic E-state index is 12.1. The quantitative estimate of drug-likeness (QED) is 0.722. The zero-order chi connectivity index (χ0) is 19.2. The molecule has 1 amide bonds. The van der Waals surface area contributed by atoms with E-state index in [4.69, 9.17) is 9.47 Å². The van der Waals surface area contributed by atoms with E-state index in [1.54, 1.807) is 4.90 Å². The van der Waals surface area contributed by atoms with E-state index >= 15 is 0 Å². The van der Waals surface area contributed by atoms with Crippen LogP contribution in [0.4, 0.5) is 4.79 Å². The largest absolute Gasteiger partial charge is 0.469 e. The van der Waals surface area contributed by atoms with Crippen LogP contribution < -0.4 is 0 Å². The molecule has 2 aromatic carbocycles. The maximum absolute atomic E-state index is 12.1. The zero-order valence-electron chi connectivity index (χ0n) is 15.8. The number of nitrogens with zero attached hydrogens (tertiary/aromatic N) is 1. The number of amides is 1. The molecular formula is C22H25NO4. The summed E-state index contributed by atoms with van der Waals surface area (Å²) >= 11 is 0. The molecule has 142 valence electrons. The van der Waals surface area contributed by atoms with Crippen LogP contribution in [0, 0.1) is 0 Å². The standard InChI is InChI=1S/C22H25NO4/c1-3-20(21(24)26-2)18-11-9-17(10-12-18)19-13-23(14-19)22(25)27-15-16-7-5-4-6-8-16/h4-12,19-20H,3,13-15H2,1-2H3. The molecule has 5 nitrogen and oxygen atoms in total. The molecule has 27 heavy (non-hydrogen) atoms. The number of esters is 1. The number of methoxy groups -OCH3 is 1. The lowest BCUT2D eigenvalue weighted by atomic mass is 9.89. The summed E-state index contributed by atoms with van der Waals surface area (Å²) in [5, 5.41) is 0. The number of likely N-dealkylation sites (tertiary alicyclic amines) is 1. The molecule has 1 aliphatic heterocycles. The van der Waals surface area contributed by atoms with Crippen molar-refractivity contribution in [2.45, 2.75) is 31.8 Å². The molecule has 1 unspecified atom stereocenters. The Morgan fingerprint density at radius 3 is 2.33 bits per heavy atom. The summed E-state index contributed by atoms with van der Waals surface area (Å²) < 4.78 is 10.2. The Balaban J connectivity index is 1.50. The number of benzene rings is 2. The minimum absolute atomic E-state index is 0.207. The van der Waals surface area contributed by atoms with Crippen LogP contribution in [-0.2, 0) is 20.9 Å². The summed E-state index contributed by atoms with van der Waals surface area (Å²) in [5.74, 6) is -0.127. The Morgan fingerprint density at radius 1 is 1.07 bits per heavy atom. The van der Waals surface area contributed by atoms with Gasteiger partial charge < -0.3 is 14.4 Å². The lowest BCUT2D eigenvalue weighted by molar-refractivity contribution is -0.142. The fourth-order valence-corrected chi connectivity index (χ4v) is 3.33. The predicted octanol–water partition coefficient (Wildman–Crippen LogP) is 4.09. The van der Waals surface area contributed by atoms with Crippen LogP contribution in [0.3, 0.4) is 0 Å². The van der Waals surface area contributed by atoms with Crippen LogP contribution in [0.2, 0.25) is 0 Å². The average Bonchev–Trinajstić information content (AvgIpc) is 2.67. The van der Waals surface area contributed by atoms with Gasteiger partial charge in [0.05, 0.1) is 13.0 Å². The van der Waals surface area contributed by atoms with E-state index in [1.165, 1.54) is 12.7 Å². The minimum Gasteiger partial charge on any atom is -0.469 e. The van der Waals surface area contributed by atoms with Crippen molar-refractivity contribution >= 4 is 12.1 Å².